The lowest BCUT2D eigenvalue weighted by Gasteiger charge is -2.21. The standard InChI is InChI=1S/C13H18FNO4S2/c14-21(18,19)13-9-5-4-8-12(13)15-20(16,17)10-11-6-2-1-3-7-11/h4-5,8-9,11,15H,1-3,6-7,10H2. The van der Waals surface area contributed by atoms with E-state index in [4.69, 9.17) is 0 Å². The number of sulfonamides is 1. The highest BCUT2D eigenvalue weighted by molar-refractivity contribution is 7.92. The molecule has 1 aliphatic carbocycles. The molecule has 8 heteroatoms. The van der Waals surface area contributed by atoms with Crippen LogP contribution in [0.2, 0.25) is 0 Å². The fourth-order valence-corrected chi connectivity index (χ4v) is 4.87. The van der Waals surface area contributed by atoms with Crippen LogP contribution in [0.4, 0.5) is 9.57 Å². The fraction of sp³-hybridized carbons (Fsp3) is 0.538. The zero-order valence-electron chi connectivity index (χ0n) is 11.5. The molecule has 0 atom stereocenters. The summed E-state index contributed by atoms with van der Waals surface area (Å²) < 4.78 is 61.6. The van der Waals surface area contributed by atoms with Gasteiger partial charge in [-0.05, 0) is 30.9 Å². The van der Waals surface area contributed by atoms with Crippen LogP contribution in [-0.4, -0.2) is 22.6 Å². The second kappa shape index (κ2) is 6.31. The summed E-state index contributed by atoms with van der Waals surface area (Å²) in [5.41, 5.74) is -0.240. The molecule has 1 aromatic carbocycles. The van der Waals surface area contributed by atoms with Crippen LogP contribution in [0, 0.1) is 5.92 Å². The Morgan fingerprint density at radius 1 is 1.05 bits per heavy atom. The van der Waals surface area contributed by atoms with E-state index >= 15 is 0 Å². The first-order valence-corrected chi connectivity index (χ1v) is 9.86. The number of rotatable bonds is 5. The van der Waals surface area contributed by atoms with Gasteiger partial charge in [-0.1, -0.05) is 31.4 Å². The van der Waals surface area contributed by atoms with Crippen molar-refractivity contribution in [1.82, 2.24) is 0 Å². The van der Waals surface area contributed by atoms with Crippen LogP contribution in [-0.2, 0) is 20.2 Å². The molecule has 0 unspecified atom stereocenters. The number of hydrogen-bond acceptors (Lipinski definition) is 4. The molecule has 1 aliphatic rings. The first-order chi connectivity index (χ1) is 9.78. The SMILES string of the molecule is O=S(=O)(CC1CCCCC1)Nc1ccccc1S(=O)(=O)F. The number of halogens is 1. The molecular weight excluding hydrogens is 317 g/mol. The van der Waals surface area contributed by atoms with Crippen molar-refractivity contribution >= 4 is 25.9 Å². The molecule has 1 saturated carbocycles. The summed E-state index contributed by atoms with van der Waals surface area (Å²) in [6.45, 7) is 0. The van der Waals surface area contributed by atoms with Crippen LogP contribution in [0.1, 0.15) is 32.1 Å². The summed E-state index contributed by atoms with van der Waals surface area (Å²) >= 11 is 0. The van der Waals surface area contributed by atoms with Crippen molar-refractivity contribution < 1.29 is 20.7 Å². The number of benzene rings is 1. The Hall–Kier alpha value is -1.15. The molecule has 1 aromatic rings. The van der Waals surface area contributed by atoms with Gasteiger partial charge in [0, 0.05) is 0 Å². The molecule has 118 valence electrons. The molecule has 0 radical (unpaired) electrons. The second-order valence-electron chi connectivity index (χ2n) is 5.32. The summed E-state index contributed by atoms with van der Waals surface area (Å²) in [5.74, 6) is 0.0126. The van der Waals surface area contributed by atoms with Crippen LogP contribution in [0.15, 0.2) is 29.2 Å². The smallest absolute Gasteiger partial charge is 0.282 e. The molecule has 0 amide bonds. The summed E-state index contributed by atoms with van der Waals surface area (Å²) in [5, 5.41) is 0. The second-order valence-corrected chi connectivity index (χ2v) is 8.40. The van der Waals surface area contributed by atoms with Gasteiger partial charge >= 0.3 is 10.2 Å². The Labute approximate surface area is 124 Å². The van der Waals surface area contributed by atoms with E-state index in [0.717, 1.165) is 38.2 Å². The Morgan fingerprint density at radius 2 is 1.67 bits per heavy atom. The Morgan fingerprint density at radius 3 is 2.29 bits per heavy atom. The van der Waals surface area contributed by atoms with E-state index in [0.29, 0.717) is 0 Å². The number of para-hydroxylation sites is 1. The zero-order chi connectivity index (χ0) is 15.5. The minimum atomic E-state index is -4.97. The molecule has 0 bridgehead atoms. The summed E-state index contributed by atoms with van der Waals surface area (Å²) in [6, 6.07) is 5.07. The average molecular weight is 335 g/mol. The van der Waals surface area contributed by atoms with Crippen molar-refractivity contribution in [1.29, 1.82) is 0 Å². The van der Waals surface area contributed by atoms with Crippen LogP contribution >= 0.6 is 0 Å². The molecular formula is C13H18FNO4S2. The number of hydrogen-bond donors (Lipinski definition) is 1. The maximum absolute atomic E-state index is 13.2. The van der Waals surface area contributed by atoms with E-state index in [1.807, 2.05) is 0 Å². The van der Waals surface area contributed by atoms with Gasteiger partial charge in [0.2, 0.25) is 10.0 Å². The van der Waals surface area contributed by atoms with Crippen LogP contribution in [0.5, 0.6) is 0 Å². The van der Waals surface area contributed by atoms with Gasteiger partial charge in [0.25, 0.3) is 0 Å². The van der Waals surface area contributed by atoms with E-state index < -0.39 is 25.1 Å². The van der Waals surface area contributed by atoms with Crippen molar-refractivity contribution in [3.8, 4) is 0 Å². The number of anilines is 1. The van der Waals surface area contributed by atoms with Crippen molar-refractivity contribution in [3.63, 3.8) is 0 Å². The number of nitrogens with one attached hydrogen (secondary N) is 1. The van der Waals surface area contributed by atoms with Crippen molar-refractivity contribution in [2.24, 2.45) is 5.92 Å². The highest BCUT2D eigenvalue weighted by atomic mass is 32.3. The lowest BCUT2D eigenvalue weighted by Crippen LogP contribution is -2.24. The normalized spacial score (nSPS) is 17.6. The largest absolute Gasteiger partial charge is 0.334 e. The quantitative estimate of drug-likeness (QED) is 0.839. The molecule has 0 aliphatic heterocycles. The van der Waals surface area contributed by atoms with Gasteiger partial charge in [0.15, 0.2) is 0 Å². The van der Waals surface area contributed by atoms with Crippen LogP contribution in [0.25, 0.3) is 0 Å². The molecule has 1 N–H and O–H groups in total. The van der Waals surface area contributed by atoms with Crippen molar-refractivity contribution in [2.45, 2.75) is 37.0 Å². The lowest BCUT2D eigenvalue weighted by atomic mass is 9.91. The zero-order valence-corrected chi connectivity index (χ0v) is 13.1. The summed E-state index contributed by atoms with van der Waals surface area (Å²) in [6.07, 6.45) is 4.84. The van der Waals surface area contributed by atoms with Crippen LogP contribution < -0.4 is 4.72 Å². The van der Waals surface area contributed by atoms with Crippen molar-refractivity contribution in [2.75, 3.05) is 10.5 Å². The van der Waals surface area contributed by atoms with E-state index in [-0.39, 0.29) is 17.4 Å². The Kier molecular flexibility index (Phi) is 4.88. The molecule has 0 aromatic heterocycles. The van der Waals surface area contributed by atoms with Gasteiger partial charge in [-0.2, -0.15) is 8.42 Å². The highest BCUT2D eigenvalue weighted by Crippen LogP contribution is 2.27. The first kappa shape index (κ1) is 16.2. The summed E-state index contributed by atoms with van der Waals surface area (Å²) in [4.78, 5) is -0.655. The monoisotopic (exact) mass is 335 g/mol. The first-order valence-electron chi connectivity index (χ1n) is 6.82. The third kappa shape index (κ3) is 4.67. The molecule has 2 rings (SSSR count). The fourth-order valence-electron chi connectivity index (χ4n) is 2.64. The maximum atomic E-state index is 13.2. The van der Waals surface area contributed by atoms with Gasteiger partial charge in [-0.25, -0.2) is 8.42 Å². The maximum Gasteiger partial charge on any atom is 0.334 e. The minimum Gasteiger partial charge on any atom is -0.282 e. The summed E-state index contributed by atoms with van der Waals surface area (Å²) in [7, 11) is -8.66. The van der Waals surface area contributed by atoms with E-state index in [2.05, 4.69) is 4.72 Å². The van der Waals surface area contributed by atoms with E-state index in [9.17, 15) is 20.7 Å². The lowest BCUT2D eigenvalue weighted by molar-refractivity contribution is 0.385. The van der Waals surface area contributed by atoms with E-state index in [1.54, 1.807) is 0 Å². The van der Waals surface area contributed by atoms with Gasteiger partial charge in [0.1, 0.15) is 4.90 Å². The topological polar surface area (TPSA) is 80.3 Å². The molecule has 0 spiro atoms. The van der Waals surface area contributed by atoms with Gasteiger partial charge in [0.05, 0.1) is 11.4 Å². The third-order valence-corrected chi connectivity index (χ3v) is 5.92. The van der Waals surface area contributed by atoms with Gasteiger partial charge < -0.3 is 0 Å². The van der Waals surface area contributed by atoms with Crippen molar-refractivity contribution in [3.05, 3.63) is 24.3 Å². The Bertz CT molecular complexity index is 695. The molecule has 1 fully saturated rings. The Balaban J connectivity index is 2.17. The molecule has 5 nitrogen and oxygen atoms in total. The molecule has 21 heavy (non-hydrogen) atoms. The highest BCUT2D eigenvalue weighted by Gasteiger charge is 2.24. The predicted molar refractivity (Wildman–Crippen MR) is 78.7 cm³/mol. The molecule has 0 heterocycles. The molecule has 0 saturated heterocycles. The van der Waals surface area contributed by atoms with Gasteiger partial charge in [-0.15, -0.1) is 3.89 Å². The third-order valence-electron chi connectivity index (χ3n) is 3.60. The van der Waals surface area contributed by atoms with E-state index in [1.165, 1.54) is 18.2 Å². The predicted octanol–water partition coefficient (Wildman–Crippen LogP) is 2.67. The van der Waals surface area contributed by atoms with Crippen LogP contribution in [0.3, 0.4) is 0 Å². The minimum absolute atomic E-state index is 0.0618. The van der Waals surface area contributed by atoms with Gasteiger partial charge in [-0.3, -0.25) is 4.72 Å². The average Bonchev–Trinajstić information content (AvgIpc) is 2.38.